The number of amides is 1. The van der Waals surface area contributed by atoms with Gasteiger partial charge in [-0.1, -0.05) is 6.07 Å². The van der Waals surface area contributed by atoms with Crippen LogP contribution in [0.25, 0.3) is 0 Å². The first-order valence-electron chi connectivity index (χ1n) is 12.2. The van der Waals surface area contributed by atoms with Crippen molar-refractivity contribution in [3.05, 3.63) is 53.1 Å². The highest BCUT2D eigenvalue weighted by molar-refractivity contribution is 5.94. The van der Waals surface area contributed by atoms with E-state index in [9.17, 15) is 24.5 Å². The topological polar surface area (TPSA) is 106 Å². The number of benzene rings is 1. The van der Waals surface area contributed by atoms with Crippen LogP contribution in [0.4, 0.5) is 4.39 Å². The highest BCUT2D eigenvalue weighted by Gasteiger charge is 2.65. The summed E-state index contributed by atoms with van der Waals surface area (Å²) >= 11 is 0. The fourth-order valence-corrected chi connectivity index (χ4v) is 7.00. The second-order valence-electron chi connectivity index (χ2n) is 10.7. The van der Waals surface area contributed by atoms with Crippen LogP contribution in [0.3, 0.4) is 0 Å². The van der Waals surface area contributed by atoms with E-state index in [1.165, 1.54) is 31.2 Å². The molecular weight excluding hydrogens is 437 g/mol. The number of likely N-dealkylation sites (tertiary alicyclic amines) is 1. The van der Waals surface area contributed by atoms with E-state index < -0.39 is 22.7 Å². The van der Waals surface area contributed by atoms with E-state index in [1.54, 1.807) is 0 Å². The molecule has 1 aliphatic heterocycles. The number of piperidine rings is 1. The summed E-state index contributed by atoms with van der Waals surface area (Å²) in [6, 6.07) is 4.35. The van der Waals surface area contributed by atoms with Gasteiger partial charge in [0.15, 0.2) is 17.3 Å². The Morgan fingerprint density at radius 2 is 2.03 bits per heavy atom. The number of nitrogens with one attached hydrogen (secondary N) is 1. The number of phenols is 2. The Balaban J connectivity index is 1.38. The Morgan fingerprint density at radius 1 is 1.21 bits per heavy atom. The van der Waals surface area contributed by atoms with Crippen LogP contribution in [-0.2, 0) is 11.8 Å². The first kappa shape index (κ1) is 21.8. The fraction of sp³-hybridized carbons (Fsp3) is 0.538. The van der Waals surface area contributed by atoms with Crippen LogP contribution >= 0.6 is 0 Å². The molecule has 0 spiro atoms. The maximum Gasteiger partial charge on any atom is 0.254 e. The predicted molar refractivity (Wildman–Crippen MR) is 122 cm³/mol. The fourth-order valence-electron chi connectivity index (χ4n) is 7.00. The smallest absolute Gasteiger partial charge is 0.254 e. The van der Waals surface area contributed by atoms with Gasteiger partial charge in [0, 0.05) is 35.8 Å². The maximum atomic E-state index is 14.1. The van der Waals surface area contributed by atoms with Gasteiger partial charge in [-0.25, -0.2) is 4.39 Å². The van der Waals surface area contributed by atoms with Gasteiger partial charge in [-0.15, -0.1) is 0 Å². The number of hydrogen-bond donors (Lipinski definition) is 4. The first-order valence-corrected chi connectivity index (χ1v) is 12.2. The second-order valence-corrected chi connectivity index (χ2v) is 10.7. The molecule has 1 aromatic carbocycles. The van der Waals surface area contributed by atoms with E-state index in [4.69, 9.17) is 0 Å². The van der Waals surface area contributed by atoms with Crippen molar-refractivity contribution in [1.82, 2.24) is 15.2 Å². The van der Waals surface area contributed by atoms with E-state index in [2.05, 4.69) is 15.2 Å². The van der Waals surface area contributed by atoms with E-state index in [-0.39, 0.29) is 29.1 Å². The lowest BCUT2D eigenvalue weighted by Crippen LogP contribution is -2.74. The highest BCUT2D eigenvalue weighted by atomic mass is 19.1. The molecule has 34 heavy (non-hydrogen) atoms. The van der Waals surface area contributed by atoms with Gasteiger partial charge in [0.1, 0.15) is 0 Å². The van der Waals surface area contributed by atoms with Crippen molar-refractivity contribution in [2.75, 3.05) is 13.1 Å². The van der Waals surface area contributed by atoms with Crippen molar-refractivity contribution >= 4 is 5.91 Å². The molecule has 180 valence electrons. The van der Waals surface area contributed by atoms with Crippen LogP contribution in [0, 0.1) is 11.7 Å². The molecule has 7 nitrogen and oxygen atoms in total. The van der Waals surface area contributed by atoms with Crippen molar-refractivity contribution in [3.8, 4) is 11.5 Å². The van der Waals surface area contributed by atoms with Gasteiger partial charge >= 0.3 is 0 Å². The Bertz CT molecular complexity index is 1150. The number of hydrogen-bond acceptors (Lipinski definition) is 6. The average molecular weight is 468 g/mol. The molecule has 4 atom stereocenters. The minimum absolute atomic E-state index is 0.0602. The van der Waals surface area contributed by atoms with E-state index in [1.807, 2.05) is 6.07 Å². The van der Waals surface area contributed by atoms with Gasteiger partial charge in [0.05, 0.1) is 17.4 Å². The van der Waals surface area contributed by atoms with Gasteiger partial charge in [-0.3, -0.25) is 14.7 Å². The number of carbonyl (C=O) groups excluding carboxylic acids is 1. The standard InChI is InChI=1S/C26H30FN3O4/c27-19-13-28-9-6-18(19)24(33)29-17-5-7-26(34)21-11-16-3-4-20(31)23(32)22(16)25(26,12-17)8-10-30(21)14-15-1-2-15/h3-4,6,9,13,15,17,21,31-32,34H,1-2,5,7-8,10-12,14H2,(H,29,33). The number of rotatable bonds is 4. The third kappa shape index (κ3) is 3.15. The summed E-state index contributed by atoms with van der Waals surface area (Å²) in [6.07, 6.45) is 7.53. The molecule has 2 heterocycles. The summed E-state index contributed by atoms with van der Waals surface area (Å²) in [7, 11) is 0. The summed E-state index contributed by atoms with van der Waals surface area (Å²) in [4.78, 5) is 19.0. The van der Waals surface area contributed by atoms with Crippen LogP contribution in [0.1, 0.15) is 60.0 Å². The molecule has 2 bridgehead atoms. The summed E-state index contributed by atoms with van der Waals surface area (Å²) in [5, 5.41) is 36.6. The molecule has 4 aliphatic rings. The Morgan fingerprint density at radius 3 is 2.79 bits per heavy atom. The number of phenolic OH excluding ortho intramolecular Hbond substituents is 2. The summed E-state index contributed by atoms with van der Waals surface area (Å²) in [5.74, 6) is -0.858. The molecule has 3 aliphatic carbocycles. The van der Waals surface area contributed by atoms with Crippen molar-refractivity contribution in [2.45, 2.75) is 68.0 Å². The molecule has 3 fully saturated rings. The molecular formula is C26H30FN3O4. The lowest BCUT2D eigenvalue weighted by Gasteiger charge is -2.64. The molecule has 6 rings (SSSR count). The van der Waals surface area contributed by atoms with Crippen molar-refractivity contribution in [3.63, 3.8) is 0 Å². The van der Waals surface area contributed by atoms with Crippen LogP contribution in [0.15, 0.2) is 30.6 Å². The molecule has 1 amide bonds. The number of carbonyl (C=O) groups is 1. The monoisotopic (exact) mass is 467 g/mol. The largest absolute Gasteiger partial charge is 0.504 e. The van der Waals surface area contributed by atoms with Crippen molar-refractivity contribution in [2.24, 2.45) is 5.92 Å². The van der Waals surface area contributed by atoms with Gasteiger partial charge in [-0.2, -0.15) is 0 Å². The zero-order valence-corrected chi connectivity index (χ0v) is 19.0. The second kappa shape index (κ2) is 7.65. The Labute approximate surface area is 197 Å². The Kier molecular flexibility index (Phi) is 4.90. The lowest BCUT2D eigenvalue weighted by atomic mass is 9.48. The third-order valence-electron chi connectivity index (χ3n) is 8.79. The SMILES string of the molecule is O=C(NC1CCC2(O)C3Cc4ccc(O)c(O)c4C2(CCN3CC2CC2)C1)c1ccncc1F. The average Bonchev–Trinajstić information content (AvgIpc) is 3.62. The number of pyridine rings is 1. The molecule has 4 N–H and O–H groups in total. The van der Waals surface area contributed by atoms with E-state index in [0.29, 0.717) is 43.6 Å². The molecule has 1 aromatic heterocycles. The quantitative estimate of drug-likeness (QED) is 0.515. The van der Waals surface area contributed by atoms with E-state index >= 15 is 0 Å². The van der Waals surface area contributed by atoms with Crippen LogP contribution in [0.5, 0.6) is 11.5 Å². The van der Waals surface area contributed by atoms with Crippen LogP contribution < -0.4 is 5.32 Å². The zero-order chi connectivity index (χ0) is 23.7. The number of aromatic nitrogens is 1. The predicted octanol–water partition coefficient (Wildman–Crippen LogP) is 2.62. The van der Waals surface area contributed by atoms with Crippen LogP contribution in [0.2, 0.25) is 0 Å². The normalized spacial score (nSPS) is 32.5. The summed E-state index contributed by atoms with van der Waals surface area (Å²) < 4.78 is 14.1. The minimum Gasteiger partial charge on any atom is -0.504 e. The summed E-state index contributed by atoms with van der Waals surface area (Å²) in [5.41, 5.74) is -0.387. The first-order chi connectivity index (χ1) is 16.3. The number of fused-ring (bicyclic) bond motifs is 1. The number of nitrogens with zero attached hydrogens (tertiary/aromatic N) is 2. The third-order valence-corrected chi connectivity index (χ3v) is 8.79. The maximum absolute atomic E-state index is 14.1. The molecule has 8 heteroatoms. The molecule has 4 unspecified atom stereocenters. The molecule has 2 saturated carbocycles. The molecule has 2 aromatic rings. The zero-order valence-electron chi connectivity index (χ0n) is 19.0. The number of halogens is 1. The molecule has 1 saturated heterocycles. The van der Waals surface area contributed by atoms with Gasteiger partial charge < -0.3 is 20.6 Å². The van der Waals surface area contributed by atoms with Crippen LogP contribution in [-0.4, -0.2) is 61.9 Å². The van der Waals surface area contributed by atoms with Crippen molar-refractivity contribution < 1.29 is 24.5 Å². The number of aliphatic hydroxyl groups is 1. The van der Waals surface area contributed by atoms with Gasteiger partial charge in [-0.05, 0) is 75.1 Å². The van der Waals surface area contributed by atoms with E-state index in [0.717, 1.165) is 24.8 Å². The highest BCUT2D eigenvalue weighted by Crippen LogP contribution is 2.61. The summed E-state index contributed by atoms with van der Waals surface area (Å²) in [6.45, 7) is 1.77. The Hall–Kier alpha value is -2.71. The molecule has 0 radical (unpaired) electrons. The number of aromatic hydroxyl groups is 2. The van der Waals surface area contributed by atoms with Crippen molar-refractivity contribution in [1.29, 1.82) is 0 Å². The van der Waals surface area contributed by atoms with Gasteiger partial charge in [0.2, 0.25) is 0 Å². The van der Waals surface area contributed by atoms with Gasteiger partial charge in [0.25, 0.3) is 5.91 Å². The minimum atomic E-state index is -1.08. The lowest BCUT2D eigenvalue weighted by molar-refractivity contribution is -0.170.